The number of benzene rings is 1. The molecule has 1 amide bonds. The van der Waals surface area contributed by atoms with E-state index in [2.05, 4.69) is 29.7 Å². The first kappa shape index (κ1) is 15.0. The summed E-state index contributed by atoms with van der Waals surface area (Å²) in [5.74, 6) is 0.0692. The summed E-state index contributed by atoms with van der Waals surface area (Å²) in [4.78, 5) is 12.0. The summed E-state index contributed by atoms with van der Waals surface area (Å²) in [6.07, 6.45) is 1.31. The Morgan fingerprint density at radius 2 is 2.30 bits per heavy atom. The van der Waals surface area contributed by atoms with Gasteiger partial charge in [-0.05, 0) is 31.4 Å². The van der Waals surface area contributed by atoms with Crippen LogP contribution in [0.5, 0.6) is 0 Å². The van der Waals surface area contributed by atoms with Gasteiger partial charge in [0.25, 0.3) is 0 Å². The Bertz CT molecular complexity index is 442. The number of nitrogens with one attached hydrogen (secondary N) is 2. The minimum atomic E-state index is 0.00871. The van der Waals surface area contributed by atoms with Crippen molar-refractivity contribution in [1.82, 2.24) is 10.6 Å². The molecule has 1 aliphatic heterocycles. The molecule has 1 heterocycles. The molecule has 1 fully saturated rings. The maximum Gasteiger partial charge on any atom is 0.222 e. The Morgan fingerprint density at radius 3 is 3.00 bits per heavy atom. The van der Waals surface area contributed by atoms with Gasteiger partial charge in [-0.1, -0.05) is 24.3 Å². The fourth-order valence-electron chi connectivity index (χ4n) is 2.51. The van der Waals surface area contributed by atoms with Crippen LogP contribution < -0.4 is 10.6 Å². The number of aryl methyl sites for hydroxylation is 1. The highest BCUT2D eigenvalue weighted by atomic mass is 16.5. The number of hydrogen-bond acceptors (Lipinski definition) is 3. The Hall–Kier alpha value is -1.39. The Morgan fingerprint density at radius 1 is 1.50 bits per heavy atom. The van der Waals surface area contributed by atoms with Crippen molar-refractivity contribution in [3.63, 3.8) is 0 Å². The lowest BCUT2D eigenvalue weighted by Gasteiger charge is -2.24. The highest BCUT2D eigenvalue weighted by molar-refractivity contribution is 5.76. The molecule has 2 rings (SSSR count). The fourth-order valence-corrected chi connectivity index (χ4v) is 2.51. The van der Waals surface area contributed by atoms with Gasteiger partial charge in [-0.3, -0.25) is 4.79 Å². The van der Waals surface area contributed by atoms with E-state index in [-0.39, 0.29) is 18.1 Å². The lowest BCUT2D eigenvalue weighted by molar-refractivity contribution is -0.125. The van der Waals surface area contributed by atoms with Crippen LogP contribution in [0.3, 0.4) is 0 Å². The quantitative estimate of drug-likeness (QED) is 0.855. The molecule has 2 atom stereocenters. The van der Waals surface area contributed by atoms with E-state index < -0.39 is 0 Å². The van der Waals surface area contributed by atoms with Crippen molar-refractivity contribution in [1.29, 1.82) is 0 Å². The zero-order valence-electron chi connectivity index (χ0n) is 12.3. The van der Waals surface area contributed by atoms with E-state index in [0.29, 0.717) is 13.0 Å². The number of amides is 1. The van der Waals surface area contributed by atoms with Gasteiger partial charge >= 0.3 is 0 Å². The summed E-state index contributed by atoms with van der Waals surface area (Å²) in [5.41, 5.74) is 2.56. The van der Waals surface area contributed by atoms with Crippen LogP contribution in [-0.4, -0.2) is 37.7 Å². The second-order valence-electron chi connectivity index (χ2n) is 5.50. The smallest absolute Gasteiger partial charge is 0.222 e. The second kappa shape index (κ2) is 7.41. The molecular weight excluding hydrogens is 252 g/mol. The van der Waals surface area contributed by atoms with E-state index in [1.165, 1.54) is 11.1 Å². The van der Waals surface area contributed by atoms with Crippen molar-refractivity contribution in [3.05, 3.63) is 35.4 Å². The van der Waals surface area contributed by atoms with Crippen molar-refractivity contribution >= 4 is 5.91 Å². The van der Waals surface area contributed by atoms with Crippen LogP contribution in [0.4, 0.5) is 0 Å². The topological polar surface area (TPSA) is 50.4 Å². The maximum absolute atomic E-state index is 12.0. The number of carbonyl (C=O) groups is 1. The lowest BCUT2D eigenvalue weighted by Crippen LogP contribution is -2.43. The SMILES string of the molecule is Cc1ccccc1CC(C)NC(=O)CC1CNCCO1. The third-order valence-corrected chi connectivity index (χ3v) is 3.61. The molecule has 1 saturated heterocycles. The third kappa shape index (κ3) is 4.62. The van der Waals surface area contributed by atoms with E-state index >= 15 is 0 Å². The van der Waals surface area contributed by atoms with Crippen molar-refractivity contribution in [2.24, 2.45) is 0 Å². The Kier molecular flexibility index (Phi) is 5.56. The normalized spacial score (nSPS) is 20.4. The molecule has 1 aliphatic rings. The molecule has 20 heavy (non-hydrogen) atoms. The molecule has 0 aliphatic carbocycles. The molecule has 1 aromatic carbocycles. The predicted molar refractivity (Wildman–Crippen MR) is 79.7 cm³/mol. The average molecular weight is 276 g/mol. The summed E-state index contributed by atoms with van der Waals surface area (Å²) in [5, 5.41) is 6.29. The van der Waals surface area contributed by atoms with Crippen LogP contribution in [-0.2, 0) is 16.0 Å². The fraction of sp³-hybridized carbons (Fsp3) is 0.562. The molecule has 0 bridgehead atoms. The van der Waals surface area contributed by atoms with Gasteiger partial charge in [-0.25, -0.2) is 0 Å². The molecule has 2 N–H and O–H groups in total. The summed E-state index contributed by atoms with van der Waals surface area (Å²) < 4.78 is 5.54. The highest BCUT2D eigenvalue weighted by Gasteiger charge is 2.18. The molecule has 0 spiro atoms. The van der Waals surface area contributed by atoms with Gasteiger partial charge in [0.05, 0.1) is 19.1 Å². The van der Waals surface area contributed by atoms with Gasteiger partial charge in [-0.2, -0.15) is 0 Å². The Labute approximate surface area is 120 Å². The lowest BCUT2D eigenvalue weighted by atomic mass is 10.0. The predicted octanol–water partition coefficient (Wildman–Crippen LogP) is 1.42. The summed E-state index contributed by atoms with van der Waals surface area (Å²) in [7, 11) is 0. The maximum atomic E-state index is 12.0. The van der Waals surface area contributed by atoms with E-state index in [1.807, 2.05) is 19.1 Å². The number of morpholine rings is 1. The monoisotopic (exact) mass is 276 g/mol. The number of hydrogen-bond donors (Lipinski definition) is 2. The Balaban J connectivity index is 1.77. The van der Waals surface area contributed by atoms with E-state index in [1.54, 1.807) is 0 Å². The first-order valence-electron chi connectivity index (χ1n) is 7.31. The van der Waals surface area contributed by atoms with Gasteiger partial charge in [0.2, 0.25) is 5.91 Å². The molecule has 110 valence electrons. The van der Waals surface area contributed by atoms with Crippen LogP contribution in [0, 0.1) is 6.92 Å². The van der Waals surface area contributed by atoms with Gasteiger partial charge < -0.3 is 15.4 Å². The number of ether oxygens (including phenoxy) is 1. The van der Waals surface area contributed by atoms with Crippen molar-refractivity contribution < 1.29 is 9.53 Å². The van der Waals surface area contributed by atoms with Crippen LogP contribution >= 0.6 is 0 Å². The van der Waals surface area contributed by atoms with Crippen molar-refractivity contribution in [3.8, 4) is 0 Å². The molecule has 0 radical (unpaired) electrons. The van der Waals surface area contributed by atoms with E-state index in [0.717, 1.165) is 19.5 Å². The van der Waals surface area contributed by atoms with Crippen LogP contribution in [0.2, 0.25) is 0 Å². The summed E-state index contributed by atoms with van der Waals surface area (Å²) in [6, 6.07) is 8.44. The van der Waals surface area contributed by atoms with Crippen LogP contribution in [0.25, 0.3) is 0 Å². The molecule has 4 heteroatoms. The highest BCUT2D eigenvalue weighted by Crippen LogP contribution is 2.10. The summed E-state index contributed by atoms with van der Waals surface area (Å²) >= 11 is 0. The van der Waals surface area contributed by atoms with Crippen LogP contribution in [0.1, 0.15) is 24.5 Å². The zero-order valence-corrected chi connectivity index (χ0v) is 12.3. The average Bonchev–Trinajstić information content (AvgIpc) is 2.42. The molecule has 1 aromatic rings. The van der Waals surface area contributed by atoms with Gasteiger partial charge in [0.15, 0.2) is 0 Å². The van der Waals surface area contributed by atoms with Crippen molar-refractivity contribution in [2.75, 3.05) is 19.7 Å². The first-order chi connectivity index (χ1) is 9.65. The minimum absolute atomic E-state index is 0.00871. The van der Waals surface area contributed by atoms with Gasteiger partial charge in [-0.15, -0.1) is 0 Å². The standard InChI is InChI=1S/C16H24N2O2/c1-12-5-3-4-6-14(12)9-13(2)18-16(19)10-15-11-17-7-8-20-15/h3-6,13,15,17H,7-11H2,1-2H3,(H,18,19). The second-order valence-corrected chi connectivity index (χ2v) is 5.50. The number of carbonyl (C=O) groups excluding carboxylic acids is 1. The van der Waals surface area contributed by atoms with E-state index in [9.17, 15) is 4.79 Å². The molecule has 4 nitrogen and oxygen atoms in total. The summed E-state index contributed by atoms with van der Waals surface area (Å²) in [6.45, 7) is 6.48. The largest absolute Gasteiger partial charge is 0.375 e. The molecule has 0 saturated carbocycles. The van der Waals surface area contributed by atoms with E-state index in [4.69, 9.17) is 4.74 Å². The van der Waals surface area contributed by atoms with Gasteiger partial charge in [0, 0.05) is 19.1 Å². The molecule has 0 aromatic heterocycles. The van der Waals surface area contributed by atoms with Gasteiger partial charge in [0.1, 0.15) is 0 Å². The third-order valence-electron chi connectivity index (χ3n) is 3.61. The molecule has 2 unspecified atom stereocenters. The minimum Gasteiger partial charge on any atom is -0.375 e. The number of rotatable bonds is 5. The molecular formula is C16H24N2O2. The van der Waals surface area contributed by atoms with Crippen molar-refractivity contribution in [2.45, 2.75) is 38.8 Å². The van der Waals surface area contributed by atoms with Crippen LogP contribution in [0.15, 0.2) is 24.3 Å². The first-order valence-corrected chi connectivity index (χ1v) is 7.31. The zero-order chi connectivity index (χ0) is 14.4.